The first-order valence-electron chi connectivity index (χ1n) is 33.0. The summed E-state index contributed by atoms with van der Waals surface area (Å²) in [5.41, 5.74) is 0. The number of aliphatic hydroxyl groups is 1. The monoisotopic (exact) mass is 1210 g/mol. The molecule has 0 aromatic heterocycles. The molecule has 19 heteroatoms. The summed E-state index contributed by atoms with van der Waals surface area (Å²) in [7, 11) is -9.88. The molecule has 0 spiro atoms. The van der Waals surface area contributed by atoms with Crippen LogP contribution in [-0.4, -0.2) is 96.7 Å². The van der Waals surface area contributed by atoms with E-state index < -0.39 is 97.5 Å². The van der Waals surface area contributed by atoms with Crippen LogP contribution in [-0.2, 0) is 65.4 Å². The van der Waals surface area contributed by atoms with E-state index in [0.29, 0.717) is 25.7 Å². The molecule has 0 amide bonds. The Bertz CT molecular complexity index is 1620. The van der Waals surface area contributed by atoms with Crippen LogP contribution in [0.25, 0.3) is 0 Å². The number of carbonyl (C=O) groups excluding carboxylic acids is 4. The van der Waals surface area contributed by atoms with Crippen molar-refractivity contribution in [2.75, 3.05) is 39.6 Å². The number of hydrogen-bond acceptors (Lipinski definition) is 15. The lowest BCUT2D eigenvalue weighted by Gasteiger charge is -2.21. The number of phosphoric ester groups is 2. The number of rotatable bonds is 62. The molecule has 0 aliphatic heterocycles. The molecule has 486 valence electrons. The molecule has 0 heterocycles. The molecular formula is C63H122O17P2. The van der Waals surface area contributed by atoms with Crippen LogP contribution in [0.4, 0.5) is 0 Å². The van der Waals surface area contributed by atoms with Crippen molar-refractivity contribution in [3.05, 3.63) is 0 Å². The number of esters is 4. The molecule has 0 rings (SSSR count). The van der Waals surface area contributed by atoms with Gasteiger partial charge in [0.05, 0.1) is 26.4 Å². The smallest absolute Gasteiger partial charge is 0.462 e. The van der Waals surface area contributed by atoms with Gasteiger partial charge in [0.25, 0.3) is 0 Å². The van der Waals surface area contributed by atoms with Crippen LogP contribution >= 0.6 is 15.6 Å². The van der Waals surface area contributed by atoms with E-state index in [1.54, 1.807) is 0 Å². The van der Waals surface area contributed by atoms with Crippen molar-refractivity contribution in [2.24, 2.45) is 11.8 Å². The second kappa shape index (κ2) is 55.6. The fourth-order valence-electron chi connectivity index (χ4n) is 9.32. The lowest BCUT2D eigenvalue weighted by molar-refractivity contribution is -0.161. The summed E-state index contributed by atoms with van der Waals surface area (Å²) < 4.78 is 67.8. The number of ether oxygens (including phenoxy) is 4. The second-order valence-electron chi connectivity index (χ2n) is 23.5. The second-order valence-corrected chi connectivity index (χ2v) is 26.4. The van der Waals surface area contributed by atoms with Gasteiger partial charge < -0.3 is 33.8 Å². The van der Waals surface area contributed by atoms with Gasteiger partial charge in [0, 0.05) is 25.7 Å². The Morgan fingerprint density at radius 2 is 0.622 bits per heavy atom. The van der Waals surface area contributed by atoms with E-state index in [4.69, 9.17) is 37.0 Å². The largest absolute Gasteiger partial charge is 0.472 e. The highest BCUT2D eigenvalue weighted by Gasteiger charge is 2.30. The standard InChI is InChI=1S/C63H122O17P2/c1-7-10-12-14-15-16-17-23-29-35-41-47-62(67)79-58(51-73-60(65)45-39-31-13-11-8-2)53-77-81(69,70)75-49-57(64)50-76-82(71,72)78-54-59(52-74-61(66)46-40-34-28-25-20-21-26-32-37-43-55(4)5)80-63(68)48-42-36-30-24-19-18-22-27-33-38-44-56(6)9-3/h55-59,64H,7-54H2,1-6H3,(H,69,70)(H,71,72)/t56?,57-,58+,59+/m0/s1. The minimum absolute atomic E-state index is 0.106. The van der Waals surface area contributed by atoms with Crippen LogP contribution in [0.2, 0.25) is 0 Å². The Kier molecular flexibility index (Phi) is 54.3. The van der Waals surface area contributed by atoms with E-state index in [9.17, 15) is 43.2 Å². The highest BCUT2D eigenvalue weighted by atomic mass is 31.2. The van der Waals surface area contributed by atoms with Gasteiger partial charge in [-0.05, 0) is 37.5 Å². The summed E-state index contributed by atoms with van der Waals surface area (Å²) in [6.45, 7) is 9.41. The van der Waals surface area contributed by atoms with Gasteiger partial charge in [-0.2, -0.15) is 0 Å². The maximum Gasteiger partial charge on any atom is 0.472 e. The van der Waals surface area contributed by atoms with Crippen molar-refractivity contribution >= 4 is 39.5 Å². The third kappa shape index (κ3) is 55.9. The van der Waals surface area contributed by atoms with Crippen LogP contribution < -0.4 is 0 Å². The Labute approximate surface area is 498 Å². The van der Waals surface area contributed by atoms with Crippen molar-refractivity contribution < 1.29 is 80.2 Å². The van der Waals surface area contributed by atoms with Gasteiger partial charge in [-0.25, -0.2) is 9.13 Å². The number of carbonyl (C=O) groups is 4. The van der Waals surface area contributed by atoms with Crippen LogP contribution in [0, 0.1) is 11.8 Å². The number of aliphatic hydroxyl groups excluding tert-OH is 1. The zero-order valence-corrected chi connectivity index (χ0v) is 54.6. The molecule has 0 fully saturated rings. The molecule has 0 bridgehead atoms. The van der Waals surface area contributed by atoms with E-state index in [0.717, 1.165) is 108 Å². The summed E-state index contributed by atoms with van der Waals surface area (Å²) in [5, 5.41) is 10.5. The van der Waals surface area contributed by atoms with Crippen molar-refractivity contribution in [1.29, 1.82) is 0 Å². The van der Waals surface area contributed by atoms with E-state index in [-0.39, 0.29) is 25.7 Å². The first-order valence-corrected chi connectivity index (χ1v) is 36.0. The SMILES string of the molecule is CCCCCCCCCCCCCC(=O)O[C@H](COC(=O)CCCCCCC)COP(=O)(O)OC[C@H](O)COP(=O)(O)OC[C@@H](COC(=O)CCCCCCCCCCCC(C)C)OC(=O)CCCCCCCCCCCCC(C)CC. The molecule has 0 saturated heterocycles. The molecule has 0 aromatic rings. The molecule has 0 aliphatic rings. The molecule has 3 N–H and O–H groups in total. The zero-order chi connectivity index (χ0) is 60.8. The van der Waals surface area contributed by atoms with Gasteiger partial charge >= 0.3 is 39.5 Å². The Morgan fingerprint density at radius 3 is 0.927 bits per heavy atom. The number of unbranched alkanes of at least 4 members (excludes halogenated alkanes) is 31. The highest BCUT2D eigenvalue weighted by Crippen LogP contribution is 2.45. The minimum Gasteiger partial charge on any atom is -0.462 e. The molecule has 17 nitrogen and oxygen atoms in total. The van der Waals surface area contributed by atoms with Crippen molar-refractivity contribution in [3.63, 3.8) is 0 Å². The van der Waals surface area contributed by atoms with Crippen LogP contribution in [0.5, 0.6) is 0 Å². The minimum atomic E-state index is -4.94. The highest BCUT2D eigenvalue weighted by molar-refractivity contribution is 7.47. The Balaban J connectivity index is 5.19. The summed E-state index contributed by atoms with van der Waals surface area (Å²) in [4.78, 5) is 71.9. The molecule has 0 radical (unpaired) electrons. The predicted octanol–water partition coefficient (Wildman–Crippen LogP) is 17.3. The number of phosphoric acid groups is 2. The van der Waals surface area contributed by atoms with Gasteiger partial charge in [0.15, 0.2) is 12.2 Å². The Hall–Kier alpha value is -1.94. The maximum atomic E-state index is 13.0. The van der Waals surface area contributed by atoms with Crippen molar-refractivity contribution in [1.82, 2.24) is 0 Å². The lowest BCUT2D eigenvalue weighted by atomic mass is 9.99. The molecule has 0 aromatic carbocycles. The topological polar surface area (TPSA) is 237 Å². The molecular weight excluding hydrogens is 1090 g/mol. The van der Waals surface area contributed by atoms with E-state index in [2.05, 4.69) is 41.5 Å². The lowest BCUT2D eigenvalue weighted by Crippen LogP contribution is -2.30. The average molecular weight is 1210 g/mol. The van der Waals surface area contributed by atoms with E-state index in [1.807, 2.05) is 0 Å². The molecule has 6 atom stereocenters. The fourth-order valence-corrected chi connectivity index (χ4v) is 10.9. The maximum absolute atomic E-state index is 13.0. The van der Waals surface area contributed by atoms with Gasteiger partial charge in [-0.3, -0.25) is 37.3 Å². The summed E-state index contributed by atoms with van der Waals surface area (Å²) in [6, 6.07) is 0. The van der Waals surface area contributed by atoms with E-state index in [1.165, 1.54) is 122 Å². The first-order chi connectivity index (χ1) is 39.4. The molecule has 3 unspecified atom stereocenters. The molecule has 82 heavy (non-hydrogen) atoms. The first kappa shape index (κ1) is 80.1. The van der Waals surface area contributed by atoms with Crippen LogP contribution in [0.3, 0.4) is 0 Å². The third-order valence-electron chi connectivity index (χ3n) is 14.8. The van der Waals surface area contributed by atoms with Crippen LogP contribution in [0.15, 0.2) is 0 Å². The van der Waals surface area contributed by atoms with E-state index >= 15 is 0 Å². The summed E-state index contributed by atoms with van der Waals surface area (Å²) in [6.07, 6.45) is 37.8. The number of hydrogen-bond donors (Lipinski definition) is 3. The molecule has 0 aliphatic carbocycles. The average Bonchev–Trinajstić information content (AvgIpc) is 3.46. The molecule has 0 saturated carbocycles. The van der Waals surface area contributed by atoms with Gasteiger partial charge in [0.2, 0.25) is 0 Å². The third-order valence-corrected chi connectivity index (χ3v) is 16.7. The Morgan fingerprint density at radius 1 is 0.354 bits per heavy atom. The predicted molar refractivity (Wildman–Crippen MR) is 326 cm³/mol. The normalized spacial score (nSPS) is 14.7. The summed E-state index contributed by atoms with van der Waals surface area (Å²) in [5.74, 6) is -0.598. The summed E-state index contributed by atoms with van der Waals surface area (Å²) >= 11 is 0. The fraction of sp³-hybridized carbons (Fsp3) is 0.937. The van der Waals surface area contributed by atoms with Gasteiger partial charge in [-0.15, -0.1) is 0 Å². The van der Waals surface area contributed by atoms with Gasteiger partial charge in [-0.1, -0.05) is 260 Å². The zero-order valence-electron chi connectivity index (χ0n) is 52.8. The van der Waals surface area contributed by atoms with Crippen molar-refractivity contribution in [3.8, 4) is 0 Å². The van der Waals surface area contributed by atoms with Crippen LogP contribution in [0.1, 0.15) is 311 Å². The van der Waals surface area contributed by atoms with Crippen molar-refractivity contribution in [2.45, 2.75) is 330 Å². The van der Waals surface area contributed by atoms with Gasteiger partial charge in [0.1, 0.15) is 19.3 Å². The quantitative estimate of drug-likeness (QED) is 0.0222.